The third-order valence-corrected chi connectivity index (χ3v) is 4.68. The van der Waals surface area contributed by atoms with E-state index in [1.54, 1.807) is 6.07 Å². The van der Waals surface area contributed by atoms with Gasteiger partial charge in [-0.3, -0.25) is 9.71 Å². The zero-order chi connectivity index (χ0) is 14.8. The molecule has 0 radical (unpaired) electrons. The molecule has 4 nitrogen and oxygen atoms in total. The third-order valence-electron chi connectivity index (χ3n) is 2.83. The number of nitrogens with one attached hydrogen (secondary N) is 1. The maximum absolute atomic E-state index is 12.3. The third kappa shape index (κ3) is 3.29. The molecule has 0 saturated heterocycles. The zero-order valence-electron chi connectivity index (χ0n) is 11.2. The number of halogens is 1. The summed E-state index contributed by atoms with van der Waals surface area (Å²) in [5, 5.41) is 0.146. The number of aromatic nitrogens is 1. The summed E-state index contributed by atoms with van der Waals surface area (Å²) in [4.78, 5) is 3.76. The van der Waals surface area contributed by atoms with Gasteiger partial charge in [0.05, 0.1) is 5.02 Å². The van der Waals surface area contributed by atoms with Crippen LogP contribution in [-0.2, 0) is 10.0 Å². The predicted molar refractivity (Wildman–Crippen MR) is 80.6 cm³/mol. The van der Waals surface area contributed by atoms with Crippen molar-refractivity contribution < 1.29 is 8.42 Å². The fourth-order valence-electron chi connectivity index (χ4n) is 1.73. The van der Waals surface area contributed by atoms with Crippen LogP contribution in [0.2, 0.25) is 5.02 Å². The van der Waals surface area contributed by atoms with Gasteiger partial charge in [-0.2, -0.15) is 0 Å². The Balaban J connectivity index is 2.34. The van der Waals surface area contributed by atoms with Gasteiger partial charge in [0.25, 0.3) is 10.0 Å². The lowest BCUT2D eigenvalue weighted by Gasteiger charge is -2.11. The Morgan fingerprint density at radius 1 is 1.25 bits per heavy atom. The molecule has 0 aliphatic heterocycles. The molecule has 0 unspecified atom stereocenters. The van der Waals surface area contributed by atoms with Gasteiger partial charge in [-0.25, -0.2) is 8.42 Å². The van der Waals surface area contributed by atoms with Crippen LogP contribution in [-0.4, -0.2) is 13.4 Å². The van der Waals surface area contributed by atoms with Crippen LogP contribution in [0.5, 0.6) is 0 Å². The topological polar surface area (TPSA) is 59.1 Å². The summed E-state index contributed by atoms with van der Waals surface area (Å²) in [6, 6.07) is 8.73. The summed E-state index contributed by atoms with van der Waals surface area (Å²) in [6.45, 7) is 4.09. The van der Waals surface area contributed by atoms with Crippen LogP contribution in [0.4, 0.5) is 5.69 Å². The maximum atomic E-state index is 12.3. The highest BCUT2D eigenvalue weighted by Gasteiger charge is 2.18. The molecule has 0 aliphatic carbocycles. The summed E-state index contributed by atoms with van der Waals surface area (Å²) < 4.78 is 27.1. The van der Waals surface area contributed by atoms with Crippen molar-refractivity contribution in [1.82, 2.24) is 4.98 Å². The van der Waals surface area contributed by atoms with E-state index in [0.717, 1.165) is 5.56 Å². The van der Waals surface area contributed by atoms with Crippen LogP contribution in [0.3, 0.4) is 0 Å². The normalized spacial score (nSPS) is 11.6. The summed E-state index contributed by atoms with van der Waals surface area (Å²) in [7, 11) is -3.73. The summed E-state index contributed by atoms with van der Waals surface area (Å²) in [6.07, 6.45) is 2.68. The van der Waals surface area contributed by atoms with Gasteiger partial charge in [-0.15, -0.1) is 0 Å². The minimum atomic E-state index is -3.73. The number of hydrogen-bond acceptors (Lipinski definition) is 3. The maximum Gasteiger partial charge on any atom is 0.264 e. The fraction of sp³-hybridized carbons (Fsp3) is 0.214. The average molecular weight is 311 g/mol. The van der Waals surface area contributed by atoms with Gasteiger partial charge in [-0.05, 0) is 29.7 Å². The minimum absolute atomic E-state index is 0.0309. The van der Waals surface area contributed by atoms with E-state index in [-0.39, 0.29) is 9.92 Å². The highest BCUT2D eigenvalue weighted by molar-refractivity contribution is 7.92. The molecule has 20 heavy (non-hydrogen) atoms. The van der Waals surface area contributed by atoms with Crippen LogP contribution in [0, 0.1) is 0 Å². The van der Waals surface area contributed by atoms with Gasteiger partial charge in [0.1, 0.15) is 4.90 Å². The molecule has 1 aromatic carbocycles. The molecule has 1 N–H and O–H groups in total. The number of nitrogens with zero attached hydrogens (tertiary/aromatic N) is 1. The van der Waals surface area contributed by atoms with E-state index in [1.165, 1.54) is 18.5 Å². The van der Waals surface area contributed by atoms with Crippen molar-refractivity contribution in [2.45, 2.75) is 24.7 Å². The van der Waals surface area contributed by atoms with Gasteiger partial charge in [0.2, 0.25) is 0 Å². The molecule has 0 spiro atoms. The van der Waals surface area contributed by atoms with Gasteiger partial charge < -0.3 is 0 Å². The monoisotopic (exact) mass is 310 g/mol. The Labute approximate surface area is 123 Å². The van der Waals surface area contributed by atoms with Gasteiger partial charge >= 0.3 is 0 Å². The van der Waals surface area contributed by atoms with Crippen molar-refractivity contribution in [2.24, 2.45) is 0 Å². The lowest BCUT2D eigenvalue weighted by atomic mass is 10.0. The molecule has 0 fully saturated rings. The van der Waals surface area contributed by atoms with E-state index in [4.69, 9.17) is 11.6 Å². The summed E-state index contributed by atoms with van der Waals surface area (Å²) in [5.74, 6) is 0.321. The standard InChI is InChI=1S/C14H15ClN2O2S/c1-10(2)11-4-3-5-12(8-11)17-20(18,19)14-9-16-7-6-13(14)15/h3-10,17H,1-2H3. The molecule has 1 heterocycles. The van der Waals surface area contributed by atoms with Crippen molar-refractivity contribution in [3.8, 4) is 0 Å². The summed E-state index contributed by atoms with van der Waals surface area (Å²) >= 11 is 5.90. The van der Waals surface area contributed by atoms with Crippen LogP contribution in [0.15, 0.2) is 47.6 Å². The molecule has 1 aromatic heterocycles. The molecule has 2 rings (SSSR count). The Morgan fingerprint density at radius 2 is 2.00 bits per heavy atom. The molecule has 0 aliphatic rings. The van der Waals surface area contributed by atoms with E-state index in [2.05, 4.69) is 9.71 Å². The Morgan fingerprint density at radius 3 is 2.65 bits per heavy atom. The molecule has 6 heteroatoms. The van der Waals surface area contributed by atoms with Crippen LogP contribution in [0.25, 0.3) is 0 Å². The first-order chi connectivity index (χ1) is 9.40. The van der Waals surface area contributed by atoms with Crippen molar-refractivity contribution >= 4 is 27.3 Å². The second kappa shape index (κ2) is 5.81. The quantitative estimate of drug-likeness (QED) is 0.937. The molecule has 0 bridgehead atoms. The number of anilines is 1. The smallest absolute Gasteiger partial charge is 0.264 e. The van der Waals surface area contributed by atoms with E-state index in [0.29, 0.717) is 11.6 Å². The molecular weight excluding hydrogens is 296 g/mol. The van der Waals surface area contributed by atoms with Crippen molar-refractivity contribution in [1.29, 1.82) is 0 Å². The largest absolute Gasteiger partial charge is 0.280 e. The second-order valence-corrected chi connectivity index (χ2v) is 6.75. The predicted octanol–water partition coefficient (Wildman–Crippen LogP) is 3.66. The van der Waals surface area contributed by atoms with Crippen molar-refractivity contribution in [3.05, 3.63) is 53.3 Å². The molecule has 106 valence electrons. The van der Waals surface area contributed by atoms with Crippen LogP contribution in [0.1, 0.15) is 25.3 Å². The molecule has 0 amide bonds. The lowest BCUT2D eigenvalue weighted by molar-refractivity contribution is 0.601. The highest BCUT2D eigenvalue weighted by atomic mass is 35.5. The van der Waals surface area contributed by atoms with E-state index >= 15 is 0 Å². The van der Waals surface area contributed by atoms with Crippen LogP contribution < -0.4 is 4.72 Å². The van der Waals surface area contributed by atoms with Crippen molar-refractivity contribution in [2.75, 3.05) is 4.72 Å². The Bertz CT molecular complexity index is 715. The summed E-state index contributed by atoms with van der Waals surface area (Å²) in [5.41, 5.74) is 1.57. The average Bonchev–Trinajstić information content (AvgIpc) is 2.38. The van der Waals surface area contributed by atoms with Crippen LogP contribution >= 0.6 is 11.6 Å². The van der Waals surface area contributed by atoms with Gasteiger partial charge in [0.15, 0.2) is 0 Å². The fourth-order valence-corrected chi connectivity index (χ4v) is 3.21. The SMILES string of the molecule is CC(C)c1cccc(NS(=O)(=O)c2cnccc2Cl)c1. The first-order valence-electron chi connectivity index (χ1n) is 6.12. The molecule has 0 saturated carbocycles. The lowest BCUT2D eigenvalue weighted by Crippen LogP contribution is -2.14. The Kier molecular flexibility index (Phi) is 4.30. The highest BCUT2D eigenvalue weighted by Crippen LogP contribution is 2.24. The number of rotatable bonds is 4. The van der Waals surface area contributed by atoms with E-state index in [1.807, 2.05) is 32.0 Å². The second-order valence-electron chi connectivity index (χ2n) is 4.69. The van der Waals surface area contributed by atoms with Gasteiger partial charge in [0, 0.05) is 18.1 Å². The van der Waals surface area contributed by atoms with Crippen molar-refractivity contribution in [3.63, 3.8) is 0 Å². The zero-order valence-corrected chi connectivity index (χ0v) is 12.7. The Hall–Kier alpha value is -1.59. The minimum Gasteiger partial charge on any atom is -0.280 e. The molecular formula is C14H15ClN2O2S. The first kappa shape index (κ1) is 14.8. The molecule has 2 aromatic rings. The van der Waals surface area contributed by atoms with E-state index < -0.39 is 10.0 Å². The molecule has 0 atom stereocenters. The first-order valence-corrected chi connectivity index (χ1v) is 7.98. The number of benzene rings is 1. The van der Waals surface area contributed by atoms with E-state index in [9.17, 15) is 8.42 Å². The van der Waals surface area contributed by atoms with Gasteiger partial charge in [-0.1, -0.05) is 37.6 Å². The number of pyridine rings is 1. The number of sulfonamides is 1. The number of hydrogen-bond donors (Lipinski definition) is 1.